The summed E-state index contributed by atoms with van der Waals surface area (Å²) in [5, 5.41) is 3.76. The quantitative estimate of drug-likeness (QED) is 0.635. The number of piperidine rings is 1. The Labute approximate surface area is 196 Å². The maximum atomic E-state index is 13.3. The first-order valence-electron chi connectivity index (χ1n) is 11.0. The maximum Gasteiger partial charge on any atom is 0.272 e. The average molecular weight is 463 g/mol. The Balaban J connectivity index is 1.36. The molecule has 1 saturated heterocycles. The number of nitrogens with one attached hydrogen (secondary N) is 1. The van der Waals surface area contributed by atoms with E-state index in [0.717, 1.165) is 5.39 Å². The van der Waals surface area contributed by atoms with Crippen molar-refractivity contribution in [1.29, 1.82) is 0 Å². The van der Waals surface area contributed by atoms with E-state index in [1.165, 1.54) is 0 Å². The largest absolute Gasteiger partial charge is 0.497 e. The van der Waals surface area contributed by atoms with E-state index in [2.05, 4.69) is 10.3 Å². The van der Waals surface area contributed by atoms with Crippen LogP contribution in [0.2, 0.25) is 0 Å². The third-order valence-corrected chi connectivity index (χ3v) is 6.36. The Morgan fingerprint density at radius 1 is 1.03 bits per heavy atom. The van der Waals surface area contributed by atoms with Crippen LogP contribution in [0.25, 0.3) is 10.9 Å². The fourth-order valence-electron chi connectivity index (χ4n) is 4.51. The van der Waals surface area contributed by atoms with Crippen LogP contribution in [0, 0.1) is 0 Å². The Hall–Kier alpha value is -4.01. The molecule has 0 bridgehead atoms. The zero-order valence-corrected chi connectivity index (χ0v) is 19.2. The lowest BCUT2D eigenvalue weighted by molar-refractivity contribution is -0.0247. The Morgan fingerprint density at radius 2 is 1.79 bits per heavy atom. The first-order chi connectivity index (χ1) is 16.5. The molecule has 1 fully saturated rings. The Kier molecular flexibility index (Phi) is 5.39. The molecule has 176 valence electrons. The molecule has 2 amide bonds. The highest BCUT2D eigenvalue weighted by Gasteiger charge is 2.43. The molecule has 9 nitrogen and oxygen atoms in total. The van der Waals surface area contributed by atoms with Crippen LogP contribution in [0.3, 0.4) is 0 Å². The highest BCUT2D eigenvalue weighted by atomic mass is 16.5. The lowest BCUT2D eigenvalue weighted by Gasteiger charge is -2.44. The summed E-state index contributed by atoms with van der Waals surface area (Å²) >= 11 is 0. The fourth-order valence-corrected chi connectivity index (χ4v) is 4.51. The summed E-state index contributed by atoms with van der Waals surface area (Å²) < 4.78 is 22.4. The summed E-state index contributed by atoms with van der Waals surface area (Å²) in [6.07, 6.45) is 0.897. The summed E-state index contributed by atoms with van der Waals surface area (Å²) in [4.78, 5) is 32.4. The molecular weight excluding hydrogens is 438 g/mol. The molecule has 2 aliphatic rings. The molecule has 34 heavy (non-hydrogen) atoms. The van der Waals surface area contributed by atoms with E-state index in [9.17, 15) is 9.59 Å². The molecule has 0 atom stereocenters. The van der Waals surface area contributed by atoms with Crippen molar-refractivity contribution >= 4 is 22.7 Å². The van der Waals surface area contributed by atoms with Gasteiger partial charge >= 0.3 is 0 Å². The molecule has 1 N–H and O–H groups in total. The molecule has 0 aliphatic carbocycles. The number of carbonyl (C=O) groups excluding carboxylic acids is 2. The number of rotatable bonds is 4. The van der Waals surface area contributed by atoms with Gasteiger partial charge in [-0.1, -0.05) is 6.07 Å². The molecule has 1 aromatic heterocycles. The van der Waals surface area contributed by atoms with Gasteiger partial charge < -0.3 is 29.2 Å². The number of nitrogens with zero attached hydrogens (tertiary/aromatic N) is 2. The third kappa shape index (κ3) is 3.63. The molecule has 3 aromatic rings. The van der Waals surface area contributed by atoms with Crippen LogP contribution >= 0.6 is 0 Å². The summed E-state index contributed by atoms with van der Waals surface area (Å²) in [5.41, 5.74) is 0.421. The SMILES string of the molecule is COc1ccc2c(c1)C(=O)NC1(CCN(C(=O)c3cc(OC)c4cccc(OC)c4n3)CC1)O2. The van der Waals surface area contributed by atoms with E-state index < -0.39 is 5.72 Å². The molecule has 3 heterocycles. The standard InChI is InChI=1S/C25H25N3O6/c1-31-15-7-8-19-17(13-15)23(29)27-25(34-19)9-11-28(12-10-25)24(30)18-14-21(33-3)16-5-4-6-20(32-2)22(16)26-18/h4-8,13-14H,9-12H2,1-3H3,(H,27,29). The molecule has 0 saturated carbocycles. The van der Waals surface area contributed by atoms with Gasteiger partial charge in [0.15, 0.2) is 5.72 Å². The molecule has 0 unspecified atom stereocenters. The third-order valence-electron chi connectivity index (χ3n) is 6.36. The van der Waals surface area contributed by atoms with Crippen molar-refractivity contribution in [3.63, 3.8) is 0 Å². The minimum absolute atomic E-state index is 0.215. The van der Waals surface area contributed by atoms with Crippen LogP contribution in [0.15, 0.2) is 42.5 Å². The van der Waals surface area contributed by atoms with Gasteiger partial charge in [-0.15, -0.1) is 0 Å². The number of hydrogen-bond acceptors (Lipinski definition) is 7. The lowest BCUT2D eigenvalue weighted by atomic mass is 9.96. The first kappa shape index (κ1) is 21.8. The van der Waals surface area contributed by atoms with Crippen molar-refractivity contribution in [2.45, 2.75) is 18.6 Å². The Morgan fingerprint density at radius 3 is 2.50 bits per heavy atom. The van der Waals surface area contributed by atoms with E-state index >= 15 is 0 Å². The van der Waals surface area contributed by atoms with Gasteiger partial charge in [0.05, 0.1) is 26.9 Å². The van der Waals surface area contributed by atoms with E-state index in [1.807, 2.05) is 12.1 Å². The van der Waals surface area contributed by atoms with E-state index in [1.54, 1.807) is 56.6 Å². The molecular formula is C25H25N3O6. The number of hydrogen-bond donors (Lipinski definition) is 1. The molecule has 2 aliphatic heterocycles. The van der Waals surface area contributed by atoms with Gasteiger partial charge in [0.2, 0.25) is 0 Å². The van der Waals surface area contributed by atoms with Crippen LogP contribution in [-0.4, -0.2) is 61.8 Å². The number of benzene rings is 2. The number of para-hydroxylation sites is 1. The van der Waals surface area contributed by atoms with Crippen molar-refractivity contribution in [1.82, 2.24) is 15.2 Å². The van der Waals surface area contributed by atoms with Crippen LogP contribution in [0.5, 0.6) is 23.0 Å². The average Bonchev–Trinajstić information content (AvgIpc) is 2.87. The summed E-state index contributed by atoms with van der Waals surface area (Å²) in [7, 11) is 4.67. The molecule has 0 radical (unpaired) electrons. The highest BCUT2D eigenvalue weighted by Crippen LogP contribution is 2.36. The number of aromatic nitrogens is 1. The lowest BCUT2D eigenvalue weighted by Crippen LogP contribution is -2.61. The summed E-state index contributed by atoms with van der Waals surface area (Å²) in [5.74, 6) is 1.79. The molecule has 1 spiro atoms. The first-order valence-corrected chi connectivity index (χ1v) is 11.0. The minimum Gasteiger partial charge on any atom is -0.497 e. The smallest absolute Gasteiger partial charge is 0.272 e. The van der Waals surface area contributed by atoms with Crippen LogP contribution in [0.4, 0.5) is 0 Å². The topological polar surface area (TPSA) is 99.2 Å². The monoisotopic (exact) mass is 463 g/mol. The van der Waals surface area contributed by atoms with Gasteiger partial charge in [0.25, 0.3) is 11.8 Å². The second kappa shape index (κ2) is 8.40. The van der Waals surface area contributed by atoms with Crippen molar-refractivity contribution in [3.8, 4) is 23.0 Å². The number of fused-ring (bicyclic) bond motifs is 2. The molecule has 9 heteroatoms. The van der Waals surface area contributed by atoms with Gasteiger partial charge in [-0.3, -0.25) is 9.59 Å². The van der Waals surface area contributed by atoms with Crippen molar-refractivity contribution in [2.75, 3.05) is 34.4 Å². The van der Waals surface area contributed by atoms with Crippen LogP contribution < -0.4 is 24.3 Å². The van der Waals surface area contributed by atoms with Gasteiger partial charge in [-0.2, -0.15) is 0 Å². The fraction of sp³-hybridized carbons (Fsp3) is 0.320. The predicted octanol–water partition coefficient (Wildman–Crippen LogP) is 3.02. The number of methoxy groups -OCH3 is 3. The normalized spacial score (nSPS) is 16.4. The Bertz CT molecular complexity index is 1280. The second-order valence-electron chi connectivity index (χ2n) is 8.27. The zero-order chi connectivity index (χ0) is 23.9. The number of amides is 2. The maximum absolute atomic E-state index is 13.3. The van der Waals surface area contributed by atoms with Crippen molar-refractivity contribution in [3.05, 3.63) is 53.7 Å². The number of ether oxygens (including phenoxy) is 4. The van der Waals surface area contributed by atoms with Gasteiger partial charge in [-0.25, -0.2) is 4.98 Å². The summed E-state index contributed by atoms with van der Waals surface area (Å²) in [6.45, 7) is 0.803. The van der Waals surface area contributed by atoms with Crippen molar-refractivity contribution in [2.24, 2.45) is 0 Å². The number of pyridine rings is 1. The number of carbonyl (C=O) groups is 2. The van der Waals surface area contributed by atoms with Crippen molar-refractivity contribution < 1.29 is 28.5 Å². The van der Waals surface area contributed by atoms with Gasteiger partial charge in [0.1, 0.15) is 34.2 Å². The van der Waals surface area contributed by atoms with E-state index in [0.29, 0.717) is 60.0 Å². The molecule has 5 rings (SSSR count). The summed E-state index contributed by atoms with van der Waals surface area (Å²) in [6, 6.07) is 12.3. The van der Waals surface area contributed by atoms with E-state index in [-0.39, 0.29) is 17.5 Å². The number of likely N-dealkylation sites (tertiary alicyclic amines) is 1. The predicted molar refractivity (Wildman–Crippen MR) is 124 cm³/mol. The van der Waals surface area contributed by atoms with Gasteiger partial charge in [0, 0.05) is 37.4 Å². The second-order valence-corrected chi connectivity index (χ2v) is 8.27. The van der Waals surface area contributed by atoms with Crippen LogP contribution in [-0.2, 0) is 0 Å². The molecule has 2 aromatic carbocycles. The van der Waals surface area contributed by atoms with E-state index in [4.69, 9.17) is 18.9 Å². The van der Waals surface area contributed by atoms with Gasteiger partial charge in [-0.05, 0) is 30.3 Å². The highest BCUT2D eigenvalue weighted by molar-refractivity contribution is 6.00. The zero-order valence-electron chi connectivity index (χ0n) is 19.2. The van der Waals surface area contributed by atoms with Crippen LogP contribution in [0.1, 0.15) is 33.7 Å². The minimum atomic E-state index is -0.854.